The monoisotopic (exact) mass is 347 g/mol. The van der Waals surface area contributed by atoms with Gasteiger partial charge in [-0.25, -0.2) is 9.37 Å². The number of carbonyl (C=O) groups is 3. The molecule has 1 N–H and O–H groups in total. The molecule has 3 amide bonds. The van der Waals surface area contributed by atoms with Gasteiger partial charge in [0.15, 0.2) is 5.13 Å². The van der Waals surface area contributed by atoms with Crippen LogP contribution in [0.1, 0.15) is 23.3 Å². The van der Waals surface area contributed by atoms with Gasteiger partial charge in [0.25, 0.3) is 0 Å². The second kappa shape index (κ2) is 6.88. The van der Waals surface area contributed by atoms with Crippen LogP contribution in [0.4, 0.5) is 9.52 Å². The molecular formula is C16H14FN3O3S. The average molecular weight is 347 g/mol. The van der Waals surface area contributed by atoms with E-state index in [1.807, 2.05) is 0 Å². The zero-order valence-electron chi connectivity index (χ0n) is 12.6. The fourth-order valence-electron chi connectivity index (χ4n) is 2.35. The van der Waals surface area contributed by atoms with Gasteiger partial charge in [0.05, 0.1) is 0 Å². The maximum absolute atomic E-state index is 12.9. The Balaban J connectivity index is 1.57. The van der Waals surface area contributed by atoms with E-state index in [2.05, 4.69) is 10.3 Å². The molecule has 2 heterocycles. The molecule has 2 aromatic rings. The van der Waals surface area contributed by atoms with E-state index in [1.165, 1.54) is 23.5 Å². The lowest BCUT2D eigenvalue weighted by atomic mass is 10.1. The van der Waals surface area contributed by atoms with Gasteiger partial charge in [0.1, 0.15) is 12.4 Å². The molecule has 124 valence electrons. The Morgan fingerprint density at radius 2 is 1.88 bits per heavy atom. The molecule has 24 heavy (non-hydrogen) atoms. The number of anilines is 1. The van der Waals surface area contributed by atoms with Crippen molar-refractivity contribution in [3.8, 4) is 0 Å². The van der Waals surface area contributed by atoms with Gasteiger partial charge >= 0.3 is 0 Å². The van der Waals surface area contributed by atoms with Crippen LogP contribution < -0.4 is 5.32 Å². The number of thiazole rings is 1. The van der Waals surface area contributed by atoms with Crippen molar-refractivity contribution in [1.82, 2.24) is 9.88 Å². The first-order valence-corrected chi connectivity index (χ1v) is 8.15. The van der Waals surface area contributed by atoms with Crippen molar-refractivity contribution in [2.24, 2.45) is 0 Å². The zero-order chi connectivity index (χ0) is 17.1. The highest BCUT2D eigenvalue weighted by atomic mass is 32.1. The van der Waals surface area contributed by atoms with E-state index in [9.17, 15) is 18.8 Å². The Kier molecular flexibility index (Phi) is 4.66. The summed E-state index contributed by atoms with van der Waals surface area (Å²) >= 11 is 1.29. The lowest BCUT2D eigenvalue weighted by Gasteiger charge is -2.12. The summed E-state index contributed by atoms with van der Waals surface area (Å²) in [4.78, 5) is 40.9. The van der Waals surface area contributed by atoms with Crippen molar-refractivity contribution < 1.29 is 18.8 Å². The third kappa shape index (κ3) is 3.83. The van der Waals surface area contributed by atoms with E-state index in [0.717, 1.165) is 15.3 Å². The van der Waals surface area contributed by atoms with E-state index in [-0.39, 0.29) is 37.0 Å². The van der Waals surface area contributed by atoms with Crippen LogP contribution in [0.3, 0.4) is 0 Å². The van der Waals surface area contributed by atoms with Crippen molar-refractivity contribution in [2.75, 3.05) is 11.9 Å². The van der Waals surface area contributed by atoms with Crippen LogP contribution in [-0.4, -0.2) is 34.2 Å². The van der Waals surface area contributed by atoms with Crippen LogP contribution in [0.25, 0.3) is 0 Å². The van der Waals surface area contributed by atoms with E-state index >= 15 is 0 Å². The van der Waals surface area contributed by atoms with E-state index in [1.54, 1.807) is 18.3 Å². The third-order valence-corrected chi connectivity index (χ3v) is 4.46. The number of hydrogen-bond donors (Lipinski definition) is 1. The standard InChI is InChI=1S/C16H14FN3O3S/c17-11-3-1-10(2-4-11)7-12-8-18-16(24-12)19-13(21)9-20-14(22)5-6-15(20)23/h1-4,8H,5-7,9H2,(H,18,19,21). The molecule has 0 saturated carbocycles. The first-order chi connectivity index (χ1) is 11.5. The number of nitrogens with one attached hydrogen (secondary N) is 1. The lowest BCUT2D eigenvalue weighted by Crippen LogP contribution is -2.36. The van der Waals surface area contributed by atoms with Crippen molar-refractivity contribution in [3.63, 3.8) is 0 Å². The molecule has 8 heteroatoms. The summed E-state index contributed by atoms with van der Waals surface area (Å²) in [6.45, 7) is -0.287. The van der Waals surface area contributed by atoms with Crippen LogP contribution in [0.15, 0.2) is 30.5 Å². The molecule has 0 aliphatic carbocycles. The molecule has 6 nitrogen and oxygen atoms in total. The van der Waals surface area contributed by atoms with E-state index in [4.69, 9.17) is 0 Å². The molecule has 1 fully saturated rings. The molecule has 3 rings (SSSR count). The predicted molar refractivity (Wildman–Crippen MR) is 85.9 cm³/mol. The van der Waals surface area contributed by atoms with Crippen LogP contribution in [0.5, 0.6) is 0 Å². The Bertz CT molecular complexity index is 772. The fourth-order valence-corrected chi connectivity index (χ4v) is 3.21. The molecule has 1 aliphatic heterocycles. The Morgan fingerprint density at radius 3 is 2.54 bits per heavy atom. The van der Waals surface area contributed by atoms with Gasteiger partial charge < -0.3 is 5.32 Å². The zero-order valence-corrected chi connectivity index (χ0v) is 13.4. The molecule has 0 unspecified atom stereocenters. The number of amides is 3. The van der Waals surface area contributed by atoms with Gasteiger partial charge in [-0.05, 0) is 17.7 Å². The largest absolute Gasteiger partial charge is 0.300 e. The number of carbonyl (C=O) groups excluding carboxylic acids is 3. The molecule has 0 atom stereocenters. The number of benzene rings is 1. The second-order valence-electron chi connectivity index (χ2n) is 5.36. The third-order valence-electron chi connectivity index (χ3n) is 3.55. The second-order valence-corrected chi connectivity index (χ2v) is 6.47. The topological polar surface area (TPSA) is 79.4 Å². The highest BCUT2D eigenvalue weighted by Crippen LogP contribution is 2.21. The van der Waals surface area contributed by atoms with Crippen molar-refractivity contribution in [2.45, 2.75) is 19.3 Å². The summed E-state index contributed by atoms with van der Waals surface area (Å²) in [6, 6.07) is 6.17. The number of halogens is 1. The number of aromatic nitrogens is 1. The average Bonchev–Trinajstić information content (AvgIpc) is 3.11. The molecule has 1 aromatic carbocycles. The first kappa shape index (κ1) is 16.3. The summed E-state index contributed by atoms with van der Waals surface area (Å²) < 4.78 is 12.9. The van der Waals surface area contributed by atoms with Gasteiger partial charge in [0, 0.05) is 30.3 Å². The molecule has 1 aromatic heterocycles. The van der Waals surface area contributed by atoms with Crippen molar-refractivity contribution in [1.29, 1.82) is 0 Å². The number of likely N-dealkylation sites (tertiary alicyclic amines) is 1. The smallest absolute Gasteiger partial charge is 0.246 e. The predicted octanol–water partition coefficient (Wildman–Crippen LogP) is 1.96. The van der Waals surface area contributed by atoms with Gasteiger partial charge in [-0.1, -0.05) is 12.1 Å². The van der Waals surface area contributed by atoms with Crippen LogP contribution in [-0.2, 0) is 20.8 Å². The summed E-state index contributed by atoms with van der Waals surface area (Å²) in [5, 5.41) is 2.99. The van der Waals surface area contributed by atoms with Crippen molar-refractivity contribution >= 4 is 34.2 Å². The maximum atomic E-state index is 12.9. The van der Waals surface area contributed by atoms with Gasteiger partial charge in [0.2, 0.25) is 17.7 Å². The van der Waals surface area contributed by atoms with E-state index in [0.29, 0.717) is 11.6 Å². The quantitative estimate of drug-likeness (QED) is 0.839. The molecule has 1 saturated heterocycles. The van der Waals surface area contributed by atoms with Crippen LogP contribution in [0.2, 0.25) is 0 Å². The minimum absolute atomic E-state index is 0.158. The summed E-state index contributed by atoms with van der Waals surface area (Å²) in [7, 11) is 0. The number of hydrogen-bond acceptors (Lipinski definition) is 5. The van der Waals surface area contributed by atoms with Crippen molar-refractivity contribution in [3.05, 3.63) is 46.7 Å². The lowest BCUT2D eigenvalue weighted by molar-refractivity contribution is -0.141. The summed E-state index contributed by atoms with van der Waals surface area (Å²) in [5.74, 6) is -1.40. The molecule has 0 spiro atoms. The molecule has 0 radical (unpaired) electrons. The Hall–Kier alpha value is -2.61. The number of imide groups is 1. The van der Waals surface area contributed by atoms with Gasteiger partial charge in [-0.3, -0.25) is 19.3 Å². The SMILES string of the molecule is O=C(CN1C(=O)CCC1=O)Nc1ncc(Cc2ccc(F)cc2)s1. The number of nitrogens with zero attached hydrogens (tertiary/aromatic N) is 2. The fraction of sp³-hybridized carbons (Fsp3) is 0.250. The Labute approximate surface area is 141 Å². The minimum atomic E-state index is -0.457. The molecular weight excluding hydrogens is 333 g/mol. The highest BCUT2D eigenvalue weighted by molar-refractivity contribution is 7.15. The summed E-state index contributed by atoms with van der Waals surface area (Å²) in [6.07, 6.45) is 2.53. The normalized spacial score (nSPS) is 14.3. The molecule has 0 bridgehead atoms. The van der Waals surface area contributed by atoms with E-state index < -0.39 is 5.91 Å². The maximum Gasteiger partial charge on any atom is 0.246 e. The van der Waals surface area contributed by atoms with Crippen LogP contribution in [0, 0.1) is 5.82 Å². The highest BCUT2D eigenvalue weighted by Gasteiger charge is 2.30. The first-order valence-electron chi connectivity index (χ1n) is 7.33. The molecule has 1 aliphatic rings. The van der Waals surface area contributed by atoms with Gasteiger partial charge in [-0.15, -0.1) is 11.3 Å². The minimum Gasteiger partial charge on any atom is -0.300 e. The van der Waals surface area contributed by atoms with Gasteiger partial charge in [-0.2, -0.15) is 0 Å². The Morgan fingerprint density at radius 1 is 1.21 bits per heavy atom. The van der Waals surface area contributed by atoms with Crippen LogP contribution >= 0.6 is 11.3 Å². The number of rotatable bonds is 5. The summed E-state index contributed by atoms with van der Waals surface area (Å²) in [5.41, 5.74) is 0.936.